The number of carbonyl (C=O) groups is 1. The smallest absolute Gasteiger partial charge is 0.141 e. The van der Waals surface area contributed by atoms with Gasteiger partial charge in [0, 0.05) is 12.1 Å². The van der Waals surface area contributed by atoms with Gasteiger partial charge in [-0.2, -0.15) is 0 Å². The number of phenols is 3. The molecule has 5 heteroatoms. The third kappa shape index (κ3) is 3.08. The van der Waals surface area contributed by atoms with Crippen LogP contribution in [-0.4, -0.2) is 28.2 Å². The fraction of sp³-hybridized carbons (Fsp3) is 0.278. The summed E-state index contributed by atoms with van der Waals surface area (Å²) in [5.74, 6) is -1.04. The number of benzene rings is 2. The second-order valence-corrected chi connectivity index (χ2v) is 5.63. The Kier molecular flexibility index (Phi) is 4.50. The van der Waals surface area contributed by atoms with Gasteiger partial charge in [-0.1, -0.05) is 12.1 Å². The number of aryl methyl sites for hydroxylation is 2. The molecule has 0 radical (unpaired) electrons. The fourth-order valence-electron chi connectivity index (χ4n) is 2.77. The van der Waals surface area contributed by atoms with Crippen molar-refractivity contribution in [2.75, 3.05) is 7.11 Å². The maximum atomic E-state index is 12.2. The predicted molar refractivity (Wildman–Crippen MR) is 86.4 cm³/mol. The van der Waals surface area contributed by atoms with Gasteiger partial charge in [-0.3, -0.25) is 4.79 Å². The van der Waals surface area contributed by atoms with Crippen LogP contribution in [0, 0.1) is 13.8 Å². The summed E-state index contributed by atoms with van der Waals surface area (Å²) in [4.78, 5) is 12.2. The Bertz CT molecular complexity index is 718. The van der Waals surface area contributed by atoms with Crippen molar-refractivity contribution in [3.63, 3.8) is 0 Å². The summed E-state index contributed by atoms with van der Waals surface area (Å²) in [6, 6.07) is 6.06. The summed E-state index contributed by atoms with van der Waals surface area (Å²) in [6.07, 6.45) is 0. The van der Waals surface area contributed by atoms with Crippen LogP contribution in [0.25, 0.3) is 0 Å². The third-order valence-corrected chi connectivity index (χ3v) is 3.89. The second kappa shape index (κ2) is 6.20. The number of phenolic OH excluding ortho intramolecular Hbond substituents is 3. The van der Waals surface area contributed by atoms with E-state index in [4.69, 9.17) is 4.74 Å². The maximum Gasteiger partial charge on any atom is 0.141 e. The molecule has 0 saturated heterocycles. The minimum absolute atomic E-state index is 0.128. The molecule has 0 fully saturated rings. The highest BCUT2D eigenvalue weighted by Gasteiger charge is 2.27. The summed E-state index contributed by atoms with van der Waals surface area (Å²) < 4.78 is 4.99. The van der Waals surface area contributed by atoms with Crippen molar-refractivity contribution < 1.29 is 24.9 Å². The van der Waals surface area contributed by atoms with Crippen molar-refractivity contribution in [1.29, 1.82) is 0 Å². The van der Waals surface area contributed by atoms with Crippen LogP contribution in [-0.2, 0) is 4.79 Å². The molecule has 0 aliphatic carbocycles. The van der Waals surface area contributed by atoms with Crippen molar-refractivity contribution >= 4 is 5.78 Å². The van der Waals surface area contributed by atoms with Gasteiger partial charge in [0.1, 0.15) is 28.8 Å². The first-order chi connectivity index (χ1) is 10.8. The summed E-state index contributed by atoms with van der Waals surface area (Å²) >= 11 is 0. The topological polar surface area (TPSA) is 87.0 Å². The van der Waals surface area contributed by atoms with Crippen LogP contribution in [0.3, 0.4) is 0 Å². The first-order valence-electron chi connectivity index (χ1n) is 7.16. The average molecular weight is 316 g/mol. The molecule has 0 spiro atoms. The Morgan fingerprint density at radius 3 is 1.87 bits per heavy atom. The summed E-state index contributed by atoms with van der Waals surface area (Å²) in [6.45, 7) is 4.86. The summed E-state index contributed by atoms with van der Waals surface area (Å²) in [7, 11) is 1.42. The van der Waals surface area contributed by atoms with Crippen LogP contribution in [0.4, 0.5) is 0 Å². The molecule has 3 N–H and O–H groups in total. The lowest BCUT2D eigenvalue weighted by molar-refractivity contribution is -0.117. The Morgan fingerprint density at radius 1 is 1.00 bits per heavy atom. The van der Waals surface area contributed by atoms with Crippen LogP contribution in [0.2, 0.25) is 0 Å². The minimum Gasteiger partial charge on any atom is -0.507 e. The van der Waals surface area contributed by atoms with E-state index < -0.39 is 5.92 Å². The quantitative estimate of drug-likeness (QED) is 0.806. The highest BCUT2D eigenvalue weighted by molar-refractivity contribution is 5.89. The lowest BCUT2D eigenvalue weighted by atomic mass is 9.85. The average Bonchev–Trinajstić information content (AvgIpc) is 2.47. The van der Waals surface area contributed by atoms with E-state index in [-0.39, 0.29) is 28.6 Å². The van der Waals surface area contributed by atoms with E-state index in [9.17, 15) is 20.1 Å². The summed E-state index contributed by atoms with van der Waals surface area (Å²) in [5.41, 5.74) is 1.97. The molecule has 0 aromatic heterocycles. The van der Waals surface area contributed by atoms with Crippen molar-refractivity contribution in [2.45, 2.75) is 26.7 Å². The number of rotatable bonds is 4. The van der Waals surface area contributed by atoms with Crippen molar-refractivity contribution in [3.8, 4) is 23.0 Å². The zero-order chi connectivity index (χ0) is 17.3. The number of hydrogen-bond acceptors (Lipinski definition) is 5. The van der Waals surface area contributed by atoms with Crippen LogP contribution >= 0.6 is 0 Å². The molecule has 0 heterocycles. The van der Waals surface area contributed by atoms with Gasteiger partial charge < -0.3 is 20.1 Å². The van der Waals surface area contributed by atoms with E-state index in [0.717, 1.165) is 0 Å². The normalized spacial score (nSPS) is 12.0. The SMILES string of the molecule is COc1cc(O)c(C(C(C)=O)c2cc(C)c(O)c(C)c2)c(O)c1. The van der Waals surface area contributed by atoms with Crippen molar-refractivity contribution in [3.05, 3.63) is 46.5 Å². The van der Waals surface area contributed by atoms with Crippen LogP contribution < -0.4 is 4.74 Å². The number of Topliss-reactive ketones (excluding diaryl/α,β-unsaturated/α-hetero) is 1. The number of hydrogen-bond donors (Lipinski definition) is 3. The van der Waals surface area contributed by atoms with E-state index in [1.54, 1.807) is 26.0 Å². The largest absolute Gasteiger partial charge is 0.507 e. The standard InChI is InChI=1S/C18H20O5/c1-9-5-12(6-10(2)18(9)22)16(11(3)19)17-14(20)7-13(23-4)8-15(17)21/h5-8,16,20-22H,1-4H3. The van der Waals surface area contributed by atoms with Crippen LogP contribution in [0.15, 0.2) is 24.3 Å². The van der Waals surface area contributed by atoms with Crippen LogP contribution in [0.1, 0.15) is 35.1 Å². The summed E-state index contributed by atoms with van der Waals surface area (Å²) in [5, 5.41) is 30.4. The number of methoxy groups -OCH3 is 1. The van der Waals surface area contributed by atoms with Crippen molar-refractivity contribution in [1.82, 2.24) is 0 Å². The van der Waals surface area contributed by atoms with Gasteiger partial charge in [-0.05, 0) is 37.5 Å². The monoisotopic (exact) mass is 316 g/mol. The molecule has 2 rings (SSSR count). The van der Waals surface area contributed by atoms with Gasteiger partial charge in [-0.25, -0.2) is 0 Å². The van der Waals surface area contributed by atoms with E-state index in [1.807, 2.05) is 0 Å². The molecule has 0 saturated carbocycles. The molecule has 2 aromatic carbocycles. The van der Waals surface area contributed by atoms with Crippen molar-refractivity contribution in [2.24, 2.45) is 0 Å². The van der Waals surface area contributed by atoms with Gasteiger partial charge in [-0.15, -0.1) is 0 Å². The lowest BCUT2D eigenvalue weighted by Crippen LogP contribution is -2.12. The van der Waals surface area contributed by atoms with E-state index in [1.165, 1.54) is 26.2 Å². The van der Waals surface area contributed by atoms with Gasteiger partial charge in [0.2, 0.25) is 0 Å². The van der Waals surface area contributed by atoms with Gasteiger partial charge in [0.15, 0.2) is 0 Å². The first-order valence-corrected chi connectivity index (χ1v) is 7.16. The fourth-order valence-corrected chi connectivity index (χ4v) is 2.77. The zero-order valence-corrected chi connectivity index (χ0v) is 13.5. The Labute approximate surface area is 134 Å². The highest BCUT2D eigenvalue weighted by atomic mass is 16.5. The molecule has 0 amide bonds. The number of ketones is 1. The van der Waals surface area contributed by atoms with Gasteiger partial charge >= 0.3 is 0 Å². The van der Waals surface area contributed by atoms with E-state index in [2.05, 4.69) is 0 Å². The van der Waals surface area contributed by atoms with E-state index in [0.29, 0.717) is 22.4 Å². The Morgan fingerprint density at radius 2 is 1.48 bits per heavy atom. The number of aromatic hydroxyl groups is 3. The lowest BCUT2D eigenvalue weighted by Gasteiger charge is -2.20. The zero-order valence-electron chi connectivity index (χ0n) is 13.5. The molecule has 0 aliphatic heterocycles. The van der Waals surface area contributed by atoms with Crippen LogP contribution in [0.5, 0.6) is 23.0 Å². The first kappa shape index (κ1) is 16.7. The second-order valence-electron chi connectivity index (χ2n) is 5.63. The molecule has 23 heavy (non-hydrogen) atoms. The number of ether oxygens (including phenoxy) is 1. The maximum absolute atomic E-state index is 12.2. The predicted octanol–water partition coefficient (Wildman–Crippen LogP) is 3.15. The molecule has 1 atom stereocenters. The molecule has 0 aliphatic rings. The molecule has 0 bridgehead atoms. The highest BCUT2D eigenvalue weighted by Crippen LogP contribution is 2.42. The Hall–Kier alpha value is -2.69. The molecule has 2 aromatic rings. The third-order valence-electron chi connectivity index (χ3n) is 3.89. The van der Waals surface area contributed by atoms with Gasteiger partial charge in [0.05, 0.1) is 18.6 Å². The molecular weight excluding hydrogens is 296 g/mol. The Balaban J connectivity index is 2.68. The minimum atomic E-state index is -0.834. The van der Waals surface area contributed by atoms with E-state index >= 15 is 0 Å². The molecule has 5 nitrogen and oxygen atoms in total. The molecular formula is C18H20O5. The molecule has 1 unspecified atom stereocenters. The number of carbonyl (C=O) groups excluding carboxylic acids is 1. The molecule has 122 valence electrons. The van der Waals surface area contributed by atoms with Gasteiger partial charge in [0.25, 0.3) is 0 Å².